The fourth-order valence-corrected chi connectivity index (χ4v) is 1.67. The van der Waals surface area contributed by atoms with Crippen LogP contribution in [0.15, 0.2) is 12.3 Å². The van der Waals surface area contributed by atoms with Crippen molar-refractivity contribution in [3.8, 4) is 5.88 Å². The van der Waals surface area contributed by atoms with Crippen molar-refractivity contribution in [3.63, 3.8) is 0 Å². The average Bonchev–Trinajstić information content (AvgIpc) is 2.27. The lowest BCUT2D eigenvalue weighted by Gasteiger charge is -2.12. The molecule has 0 saturated carbocycles. The predicted octanol–water partition coefficient (Wildman–Crippen LogP) is 1.22. The molecule has 0 spiro atoms. The van der Waals surface area contributed by atoms with E-state index in [1.807, 2.05) is 6.92 Å². The third kappa shape index (κ3) is 5.64. The Bertz CT molecular complexity index is 544. The van der Waals surface area contributed by atoms with Gasteiger partial charge in [-0.1, -0.05) is 6.92 Å². The van der Waals surface area contributed by atoms with E-state index in [9.17, 15) is 13.2 Å². The maximum Gasteiger partial charge on any atom is 0.307 e. The lowest BCUT2D eigenvalue weighted by atomic mass is 10.3. The zero-order valence-corrected chi connectivity index (χ0v) is 11.8. The number of esters is 1. The first kappa shape index (κ1) is 15.4. The minimum absolute atomic E-state index is 0.106. The largest absolute Gasteiger partial charge is 0.454 e. The fraction of sp³-hybridized carbons (Fsp3) is 0.545. The lowest BCUT2D eigenvalue weighted by molar-refractivity contribution is -0.149. The molecule has 1 aromatic heterocycles. The summed E-state index contributed by atoms with van der Waals surface area (Å²) in [5.74, 6) is -0.274. The van der Waals surface area contributed by atoms with E-state index in [4.69, 9.17) is 4.74 Å². The molecule has 1 unspecified atom stereocenters. The van der Waals surface area contributed by atoms with Crippen molar-refractivity contribution in [1.29, 1.82) is 0 Å². The third-order valence-electron chi connectivity index (χ3n) is 2.01. The number of ether oxygens (including phenoxy) is 1. The van der Waals surface area contributed by atoms with E-state index in [-0.39, 0.29) is 17.7 Å². The normalized spacial score (nSPS) is 12.8. The molecule has 0 aliphatic rings. The molecular formula is C11H16N2O5S. The zero-order valence-electron chi connectivity index (χ0n) is 11.0. The Hall–Kier alpha value is -1.70. The van der Waals surface area contributed by atoms with Gasteiger partial charge >= 0.3 is 16.1 Å². The van der Waals surface area contributed by atoms with Crippen molar-refractivity contribution in [2.75, 3.05) is 6.26 Å². The fourth-order valence-electron chi connectivity index (χ4n) is 1.27. The SMILES string of the molecule is CCCC(=O)OC(C)c1nccc(OS(C)(=O)=O)n1. The summed E-state index contributed by atoms with van der Waals surface area (Å²) in [5, 5.41) is 0. The van der Waals surface area contributed by atoms with Crippen LogP contribution in [0.2, 0.25) is 0 Å². The first-order valence-electron chi connectivity index (χ1n) is 5.73. The molecule has 0 saturated heterocycles. The summed E-state index contributed by atoms with van der Waals surface area (Å²) in [5.41, 5.74) is 0. The molecule has 8 heteroatoms. The van der Waals surface area contributed by atoms with Crippen molar-refractivity contribution in [3.05, 3.63) is 18.1 Å². The van der Waals surface area contributed by atoms with E-state index >= 15 is 0 Å². The van der Waals surface area contributed by atoms with Gasteiger partial charge in [-0.2, -0.15) is 13.4 Å². The summed E-state index contributed by atoms with van der Waals surface area (Å²) < 4.78 is 31.7. The number of hydrogen-bond acceptors (Lipinski definition) is 7. The van der Waals surface area contributed by atoms with Gasteiger partial charge in [-0.3, -0.25) is 4.79 Å². The minimum Gasteiger partial charge on any atom is -0.454 e. The Labute approximate surface area is 112 Å². The lowest BCUT2D eigenvalue weighted by Crippen LogP contribution is -2.13. The standard InChI is InChI=1S/C11H16N2O5S/c1-4-5-10(14)17-8(2)11-12-7-6-9(13-11)18-19(3,15)16/h6-8H,4-5H2,1-3H3. The molecular weight excluding hydrogens is 272 g/mol. The average molecular weight is 288 g/mol. The smallest absolute Gasteiger partial charge is 0.307 e. The number of hydrogen-bond donors (Lipinski definition) is 0. The summed E-state index contributed by atoms with van der Waals surface area (Å²) in [6.45, 7) is 3.47. The maximum atomic E-state index is 11.3. The molecule has 1 aromatic rings. The van der Waals surface area contributed by atoms with Crippen molar-refractivity contribution >= 4 is 16.1 Å². The van der Waals surface area contributed by atoms with Gasteiger partial charge in [0.1, 0.15) is 0 Å². The molecule has 106 valence electrons. The van der Waals surface area contributed by atoms with E-state index in [0.717, 1.165) is 6.26 Å². The number of nitrogens with zero attached hydrogens (tertiary/aromatic N) is 2. The second-order valence-corrected chi connectivity index (χ2v) is 5.50. The molecule has 0 N–H and O–H groups in total. The Morgan fingerprint density at radius 2 is 2.16 bits per heavy atom. The number of carbonyl (C=O) groups is 1. The summed E-state index contributed by atoms with van der Waals surface area (Å²) in [6, 6.07) is 1.31. The molecule has 0 aromatic carbocycles. The molecule has 1 atom stereocenters. The van der Waals surface area contributed by atoms with Gasteiger partial charge in [0.15, 0.2) is 11.9 Å². The van der Waals surface area contributed by atoms with E-state index in [1.54, 1.807) is 6.92 Å². The van der Waals surface area contributed by atoms with E-state index in [2.05, 4.69) is 14.2 Å². The number of rotatable bonds is 6. The molecule has 0 aliphatic heterocycles. The van der Waals surface area contributed by atoms with Gasteiger partial charge in [0.05, 0.1) is 6.26 Å². The van der Waals surface area contributed by atoms with Crippen LogP contribution in [-0.2, 0) is 19.6 Å². The van der Waals surface area contributed by atoms with E-state index in [1.165, 1.54) is 12.3 Å². The first-order chi connectivity index (χ1) is 8.81. The van der Waals surface area contributed by atoms with Gasteiger partial charge < -0.3 is 8.92 Å². The highest BCUT2D eigenvalue weighted by Crippen LogP contribution is 2.16. The molecule has 0 radical (unpaired) electrons. The van der Waals surface area contributed by atoms with E-state index in [0.29, 0.717) is 12.8 Å². The van der Waals surface area contributed by atoms with E-state index < -0.39 is 16.2 Å². The van der Waals surface area contributed by atoms with Gasteiger partial charge in [0.25, 0.3) is 0 Å². The molecule has 7 nitrogen and oxygen atoms in total. The van der Waals surface area contributed by atoms with Gasteiger partial charge in [-0.05, 0) is 13.3 Å². The van der Waals surface area contributed by atoms with Crippen LogP contribution >= 0.6 is 0 Å². The van der Waals surface area contributed by atoms with Crippen molar-refractivity contribution in [2.45, 2.75) is 32.8 Å². The van der Waals surface area contributed by atoms with Crippen LogP contribution < -0.4 is 4.18 Å². The van der Waals surface area contributed by atoms with Crippen LogP contribution in [0.1, 0.15) is 38.6 Å². The summed E-state index contributed by atoms with van der Waals surface area (Å²) >= 11 is 0. The number of aromatic nitrogens is 2. The quantitative estimate of drug-likeness (QED) is 0.573. The highest BCUT2D eigenvalue weighted by atomic mass is 32.2. The Kier molecular flexibility index (Phi) is 5.22. The molecule has 0 bridgehead atoms. The minimum atomic E-state index is -3.65. The van der Waals surface area contributed by atoms with Crippen LogP contribution in [0.3, 0.4) is 0 Å². The summed E-state index contributed by atoms with van der Waals surface area (Å²) in [7, 11) is -3.65. The molecule has 0 amide bonds. The second kappa shape index (κ2) is 6.46. The summed E-state index contributed by atoms with van der Waals surface area (Å²) in [4.78, 5) is 19.1. The topological polar surface area (TPSA) is 95.5 Å². The van der Waals surface area contributed by atoms with Gasteiger partial charge in [-0.25, -0.2) is 4.98 Å². The maximum absolute atomic E-state index is 11.3. The molecule has 1 heterocycles. The van der Waals surface area contributed by atoms with Crippen molar-refractivity contribution in [1.82, 2.24) is 9.97 Å². The Balaban J connectivity index is 2.78. The van der Waals surface area contributed by atoms with Crippen LogP contribution in [-0.4, -0.2) is 30.6 Å². The van der Waals surface area contributed by atoms with Crippen LogP contribution in [0, 0.1) is 0 Å². The predicted molar refractivity (Wildman–Crippen MR) is 66.9 cm³/mol. The Morgan fingerprint density at radius 3 is 2.74 bits per heavy atom. The first-order valence-corrected chi connectivity index (χ1v) is 7.55. The van der Waals surface area contributed by atoms with Gasteiger partial charge in [-0.15, -0.1) is 0 Å². The third-order valence-corrected chi connectivity index (χ3v) is 2.48. The molecule has 1 rings (SSSR count). The van der Waals surface area contributed by atoms with Crippen molar-refractivity contribution in [2.24, 2.45) is 0 Å². The Morgan fingerprint density at radius 1 is 1.47 bits per heavy atom. The molecule has 19 heavy (non-hydrogen) atoms. The molecule has 0 aliphatic carbocycles. The van der Waals surface area contributed by atoms with Crippen molar-refractivity contribution < 1.29 is 22.1 Å². The van der Waals surface area contributed by atoms with Gasteiger partial charge in [0.2, 0.25) is 5.88 Å². The number of carbonyl (C=O) groups excluding carboxylic acids is 1. The second-order valence-electron chi connectivity index (χ2n) is 3.92. The molecule has 0 fully saturated rings. The summed E-state index contributed by atoms with van der Waals surface area (Å²) in [6.07, 6.45) is 2.59. The zero-order chi connectivity index (χ0) is 14.5. The van der Waals surface area contributed by atoms with Crippen LogP contribution in [0.5, 0.6) is 5.88 Å². The van der Waals surface area contributed by atoms with Crippen LogP contribution in [0.4, 0.5) is 0 Å². The monoisotopic (exact) mass is 288 g/mol. The highest BCUT2D eigenvalue weighted by Gasteiger charge is 2.15. The van der Waals surface area contributed by atoms with Gasteiger partial charge in [0, 0.05) is 18.7 Å². The van der Waals surface area contributed by atoms with Crippen LogP contribution in [0.25, 0.3) is 0 Å². The highest BCUT2D eigenvalue weighted by molar-refractivity contribution is 7.86.